The number of hydrogen-bond acceptors (Lipinski definition) is 7. The molecule has 4 rings (SSSR count). The third-order valence-corrected chi connectivity index (χ3v) is 8.66. The van der Waals surface area contributed by atoms with Crippen molar-refractivity contribution >= 4 is 49.8 Å². The maximum absolute atomic E-state index is 12.9. The Bertz CT molecular complexity index is 1120. The van der Waals surface area contributed by atoms with Gasteiger partial charge in [0.1, 0.15) is 27.0 Å². The molecule has 5 nitrogen and oxygen atoms in total. The third kappa shape index (κ3) is 4.24. The van der Waals surface area contributed by atoms with Crippen LogP contribution in [0, 0.1) is 0 Å². The zero-order valence-corrected chi connectivity index (χ0v) is 19.1. The van der Waals surface area contributed by atoms with Crippen molar-refractivity contribution in [3.05, 3.63) is 47.5 Å². The Morgan fingerprint density at radius 3 is 2.70 bits per heavy atom. The monoisotopic (exact) mass is 457 g/mol. The second-order valence-corrected chi connectivity index (χ2v) is 10.6. The average molecular weight is 458 g/mol. The smallest absolute Gasteiger partial charge is 0.232 e. The molecule has 0 saturated heterocycles. The highest BCUT2D eigenvalue weighted by atomic mass is 32.2. The van der Waals surface area contributed by atoms with Crippen LogP contribution in [0.3, 0.4) is 0 Å². The van der Waals surface area contributed by atoms with Gasteiger partial charge in [-0.1, -0.05) is 48.9 Å². The van der Waals surface area contributed by atoms with Gasteiger partial charge >= 0.3 is 0 Å². The van der Waals surface area contributed by atoms with Crippen LogP contribution < -0.4 is 5.73 Å². The molecule has 1 unspecified atom stereocenters. The minimum absolute atomic E-state index is 0.122. The molecule has 0 saturated carbocycles. The molecule has 1 atom stereocenters. The topological polar surface area (TPSA) is 95.1 Å². The van der Waals surface area contributed by atoms with Crippen LogP contribution in [0.5, 0.6) is 0 Å². The molecule has 0 aliphatic carbocycles. The van der Waals surface area contributed by atoms with E-state index >= 15 is 0 Å². The van der Waals surface area contributed by atoms with E-state index in [1.54, 1.807) is 6.20 Å². The number of aliphatic hydroxyl groups is 1. The summed E-state index contributed by atoms with van der Waals surface area (Å²) in [6.45, 7) is 2.21. The van der Waals surface area contributed by atoms with Crippen molar-refractivity contribution in [3.63, 3.8) is 0 Å². The van der Waals surface area contributed by atoms with Crippen LogP contribution in [-0.4, -0.2) is 32.0 Å². The zero-order valence-electron chi connectivity index (χ0n) is 16.6. The first-order valence-electron chi connectivity index (χ1n) is 9.83. The number of aliphatic hydroxyl groups excluding tert-OH is 1. The summed E-state index contributed by atoms with van der Waals surface area (Å²) < 4.78 is 13.6. The van der Waals surface area contributed by atoms with Crippen molar-refractivity contribution in [2.75, 3.05) is 18.1 Å². The minimum atomic E-state index is -1.13. The first-order chi connectivity index (χ1) is 14.6. The molecule has 0 bridgehead atoms. The molecule has 3 N–H and O–H groups in total. The van der Waals surface area contributed by atoms with Gasteiger partial charge < -0.3 is 15.4 Å². The summed E-state index contributed by atoms with van der Waals surface area (Å²) in [4.78, 5) is 10.0. The lowest BCUT2D eigenvalue weighted by molar-refractivity contribution is 0.299. The van der Waals surface area contributed by atoms with Crippen molar-refractivity contribution in [1.29, 1.82) is 0 Å². The van der Waals surface area contributed by atoms with E-state index in [0.717, 1.165) is 50.5 Å². The lowest BCUT2D eigenvalue weighted by Gasteiger charge is -2.09. The van der Waals surface area contributed by atoms with Gasteiger partial charge in [0.25, 0.3) is 0 Å². The van der Waals surface area contributed by atoms with Crippen molar-refractivity contribution in [2.45, 2.75) is 30.4 Å². The van der Waals surface area contributed by atoms with Gasteiger partial charge in [-0.3, -0.25) is 0 Å². The molecule has 30 heavy (non-hydrogen) atoms. The van der Waals surface area contributed by atoms with E-state index in [1.807, 2.05) is 35.7 Å². The number of aromatic nitrogens is 2. The quantitative estimate of drug-likeness (QED) is 0.358. The summed E-state index contributed by atoms with van der Waals surface area (Å²) in [6.07, 6.45) is 4.28. The van der Waals surface area contributed by atoms with Crippen LogP contribution >= 0.6 is 22.7 Å². The molecule has 0 fully saturated rings. The van der Waals surface area contributed by atoms with Gasteiger partial charge in [-0.2, -0.15) is 0 Å². The van der Waals surface area contributed by atoms with E-state index < -0.39 is 11.2 Å². The van der Waals surface area contributed by atoms with E-state index in [0.29, 0.717) is 22.1 Å². The maximum atomic E-state index is 12.9. The number of nitrogens with zero attached hydrogens (tertiary/aromatic N) is 2. The summed E-state index contributed by atoms with van der Waals surface area (Å²) in [5, 5.41) is 12.8. The fraction of sp³-hybridized carbons (Fsp3) is 0.273. The fourth-order valence-electron chi connectivity index (χ4n) is 3.31. The summed E-state index contributed by atoms with van der Waals surface area (Å²) in [5.41, 5.74) is 10.9. The van der Waals surface area contributed by atoms with Gasteiger partial charge in [0.2, 0.25) is 4.21 Å². The fourth-order valence-corrected chi connectivity index (χ4v) is 6.70. The second-order valence-electron chi connectivity index (χ2n) is 6.95. The normalized spacial score (nSPS) is 12.5. The lowest BCUT2D eigenvalue weighted by Crippen LogP contribution is -2.06. The van der Waals surface area contributed by atoms with Crippen molar-refractivity contribution < 1.29 is 9.66 Å². The second kappa shape index (κ2) is 9.45. The Kier molecular flexibility index (Phi) is 6.70. The predicted molar refractivity (Wildman–Crippen MR) is 128 cm³/mol. The largest absolute Gasteiger partial charge is 0.611 e. The van der Waals surface area contributed by atoms with E-state index in [4.69, 9.17) is 10.7 Å². The molecular weight excluding hydrogens is 434 g/mol. The number of nitrogen functional groups attached to an aromatic ring is 1. The first kappa shape index (κ1) is 21.3. The predicted octanol–water partition coefficient (Wildman–Crippen LogP) is 5.11. The Balaban J connectivity index is 1.88. The summed E-state index contributed by atoms with van der Waals surface area (Å²) in [7, 11) is 0. The lowest BCUT2D eigenvalue weighted by atomic mass is 10.00. The first-order valence-corrected chi connectivity index (χ1v) is 12.8. The zero-order chi connectivity index (χ0) is 21.1. The number of unbranched alkanes of at least 4 members (excludes halogenated alkanes) is 1. The third-order valence-electron chi connectivity index (χ3n) is 4.87. The summed E-state index contributed by atoms with van der Waals surface area (Å²) in [5.74, 6) is 0.609. The number of hydrogen-bond donors (Lipinski definition) is 2. The molecule has 156 valence electrons. The van der Waals surface area contributed by atoms with E-state index in [2.05, 4.69) is 11.9 Å². The minimum Gasteiger partial charge on any atom is -0.611 e. The van der Waals surface area contributed by atoms with E-state index in [9.17, 15) is 9.66 Å². The highest BCUT2D eigenvalue weighted by Crippen LogP contribution is 2.43. The molecule has 8 heteroatoms. The molecule has 3 aromatic heterocycles. The molecular formula is C22H23N3O2S3. The number of pyridine rings is 1. The van der Waals surface area contributed by atoms with Gasteiger partial charge in [0.15, 0.2) is 0 Å². The summed E-state index contributed by atoms with van der Waals surface area (Å²) >= 11 is 1.83. The van der Waals surface area contributed by atoms with Crippen LogP contribution in [0.25, 0.3) is 32.0 Å². The van der Waals surface area contributed by atoms with Gasteiger partial charge in [0, 0.05) is 23.6 Å². The molecule has 1 aromatic carbocycles. The molecule has 0 aliphatic rings. The van der Waals surface area contributed by atoms with E-state index in [-0.39, 0.29) is 6.61 Å². The van der Waals surface area contributed by atoms with Gasteiger partial charge in [0.05, 0.1) is 0 Å². The Morgan fingerprint density at radius 1 is 1.23 bits per heavy atom. The Morgan fingerprint density at radius 2 is 2.03 bits per heavy atom. The molecule has 0 radical (unpaired) electrons. The van der Waals surface area contributed by atoms with Crippen LogP contribution in [0.1, 0.15) is 25.3 Å². The van der Waals surface area contributed by atoms with Crippen LogP contribution in [0.2, 0.25) is 0 Å². The molecule has 0 spiro atoms. The van der Waals surface area contributed by atoms with Crippen LogP contribution in [0.15, 0.2) is 46.1 Å². The average Bonchev–Trinajstić information content (AvgIpc) is 3.41. The standard InChI is InChI=1S/C22H23N3O2S3/c1-2-3-12-30(27)22-19(23)18-16(15-6-4-14(5-7-15)8-10-26)13-17(25-21(18)29-22)20-24-9-11-28-20/h4-7,9,11,13,26H,2-3,8,10,12,23H2,1H3. The van der Waals surface area contributed by atoms with Crippen molar-refractivity contribution in [2.24, 2.45) is 0 Å². The SMILES string of the molecule is CCCC[S+]([O-])c1sc2nc(-c3nccs3)cc(-c3ccc(CCO)cc3)c2c1N. The van der Waals surface area contributed by atoms with Gasteiger partial charge in [-0.05, 0) is 46.8 Å². The van der Waals surface area contributed by atoms with Crippen molar-refractivity contribution in [3.8, 4) is 21.8 Å². The molecule has 4 aromatic rings. The number of thiazole rings is 1. The van der Waals surface area contributed by atoms with Crippen LogP contribution in [0.4, 0.5) is 5.69 Å². The number of nitrogens with two attached hydrogens (primary N) is 1. The van der Waals surface area contributed by atoms with Crippen molar-refractivity contribution in [1.82, 2.24) is 9.97 Å². The Labute approximate surface area is 186 Å². The van der Waals surface area contributed by atoms with Gasteiger partial charge in [-0.15, -0.1) is 11.3 Å². The number of thiophene rings is 1. The highest BCUT2D eigenvalue weighted by molar-refractivity contribution is 7.93. The van der Waals surface area contributed by atoms with Crippen LogP contribution in [-0.2, 0) is 17.6 Å². The number of anilines is 1. The highest BCUT2D eigenvalue weighted by Gasteiger charge is 2.25. The number of benzene rings is 1. The molecule has 0 aliphatic heterocycles. The van der Waals surface area contributed by atoms with E-state index in [1.165, 1.54) is 22.7 Å². The maximum Gasteiger partial charge on any atom is 0.232 e. The Hall–Kier alpha value is -1.97. The summed E-state index contributed by atoms with van der Waals surface area (Å²) in [6, 6.07) is 10.1. The number of fused-ring (bicyclic) bond motifs is 1. The number of rotatable bonds is 8. The molecule has 3 heterocycles. The van der Waals surface area contributed by atoms with Gasteiger partial charge in [-0.25, -0.2) is 9.97 Å². The molecule has 0 amide bonds.